The molecule has 70 heavy (non-hydrogen) atoms. The molecule has 6 aliphatic rings. The van der Waals surface area contributed by atoms with Crippen molar-refractivity contribution in [3.8, 4) is 0 Å². The summed E-state index contributed by atoms with van der Waals surface area (Å²) in [5, 5.41) is 2.28. The van der Waals surface area contributed by atoms with Crippen molar-refractivity contribution in [2.45, 2.75) is 156 Å². The van der Waals surface area contributed by atoms with Gasteiger partial charge in [-0.1, -0.05) is 69.2 Å². The number of piperidine rings is 3. The molecule has 0 aliphatic carbocycles. The molecule has 6 aromatic heterocycles. The van der Waals surface area contributed by atoms with Crippen LogP contribution in [-0.2, 0) is 0 Å². The van der Waals surface area contributed by atoms with Gasteiger partial charge in [0.15, 0.2) is 11.5 Å². The summed E-state index contributed by atoms with van der Waals surface area (Å²) in [5.74, 6) is 3.18. The Kier molecular flexibility index (Phi) is 19.0. The SMILES string of the molecule is CC.CC.CC.CC.CN1CCCC12CCCN(c1ncnc3[nH]ccc13)C2.CN1CCCC12CCCN(c1ncnc3nc[nH]c13)C2.CN1CCCC12CN(c1ncnc3[nH]ccc13)CCC2(C)C. The number of anilines is 3. The van der Waals surface area contributed by atoms with Gasteiger partial charge in [-0.25, -0.2) is 34.9 Å². The molecule has 3 N–H and O–H groups in total. The molecule has 6 fully saturated rings. The minimum absolute atomic E-state index is 0.263. The monoisotopic (exact) mass is 963 g/mol. The molecule has 0 amide bonds. The first-order valence-corrected chi connectivity index (χ1v) is 27.2. The van der Waals surface area contributed by atoms with Crippen LogP contribution in [0.4, 0.5) is 17.5 Å². The lowest BCUT2D eigenvalue weighted by Gasteiger charge is -2.55. The molecule has 3 unspecified atom stereocenters. The second-order valence-corrected chi connectivity index (χ2v) is 19.8. The fourth-order valence-corrected chi connectivity index (χ4v) is 12.5. The van der Waals surface area contributed by atoms with Gasteiger partial charge in [0.05, 0.1) is 17.1 Å². The van der Waals surface area contributed by atoms with E-state index in [1.54, 1.807) is 25.3 Å². The Labute approximate surface area is 420 Å². The van der Waals surface area contributed by atoms with Crippen molar-refractivity contribution in [3.63, 3.8) is 0 Å². The average Bonchev–Trinajstić information content (AvgIpc) is 4.29. The molecule has 0 radical (unpaired) electrons. The molecule has 12 heterocycles. The Morgan fingerprint density at radius 2 is 0.886 bits per heavy atom. The number of imidazole rings is 1. The molecule has 3 spiro atoms. The Balaban J connectivity index is 0.000000161. The highest BCUT2D eigenvalue weighted by Crippen LogP contribution is 2.49. The number of likely N-dealkylation sites (N-methyl/N-ethyl adjacent to an activating group) is 3. The predicted molar refractivity (Wildman–Crippen MR) is 292 cm³/mol. The van der Waals surface area contributed by atoms with Crippen LogP contribution in [0.1, 0.15) is 140 Å². The first kappa shape index (κ1) is 54.4. The van der Waals surface area contributed by atoms with Gasteiger partial charge in [0.2, 0.25) is 0 Å². The van der Waals surface area contributed by atoms with Gasteiger partial charge in [0.25, 0.3) is 0 Å². The van der Waals surface area contributed by atoms with Gasteiger partial charge in [-0.2, -0.15) is 0 Å². The smallest absolute Gasteiger partial charge is 0.182 e. The third-order valence-corrected chi connectivity index (χ3v) is 16.3. The topological polar surface area (TPSA) is 157 Å². The van der Waals surface area contributed by atoms with Crippen LogP contribution in [0.3, 0.4) is 0 Å². The van der Waals surface area contributed by atoms with Gasteiger partial charge in [0, 0.05) is 68.3 Å². The summed E-state index contributed by atoms with van der Waals surface area (Å²) in [4.78, 5) is 55.4. The molecule has 16 nitrogen and oxygen atoms in total. The number of fused-ring (bicyclic) bond motifs is 3. The molecule has 6 aromatic rings. The van der Waals surface area contributed by atoms with Crippen LogP contribution in [0.15, 0.2) is 49.8 Å². The highest BCUT2D eigenvalue weighted by molar-refractivity contribution is 5.88. The van der Waals surface area contributed by atoms with Gasteiger partial charge in [-0.05, 0) is 129 Å². The first-order chi connectivity index (χ1) is 34.1. The highest BCUT2D eigenvalue weighted by atomic mass is 15.3. The number of hydrogen-bond donors (Lipinski definition) is 3. The zero-order valence-corrected chi connectivity index (χ0v) is 45.6. The van der Waals surface area contributed by atoms with Crippen molar-refractivity contribution < 1.29 is 0 Å². The van der Waals surface area contributed by atoms with Crippen molar-refractivity contribution >= 4 is 50.7 Å². The van der Waals surface area contributed by atoms with E-state index in [0.717, 1.165) is 90.0 Å². The maximum absolute atomic E-state index is 4.61. The number of aromatic amines is 3. The molecule has 6 saturated heterocycles. The van der Waals surface area contributed by atoms with E-state index in [0.29, 0.717) is 16.5 Å². The molecule has 6 aliphatic heterocycles. The molecule has 0 saturated carbocycles. The number of aromatic nitrogens is 10. The molecule has 0 aromatic carbocycles. The lowest BCUT2D eigenvalue weighted by atomic mass is 9.66. The fraction of sp³-hybridized carbons (Fsp3) is 0.685. The Hall–Kier alpha value is -4.93. The van der Waals surface area contributed by atoms with E-state index >= 15 is 0 Å². The van der Waals surface area contributed by atoms with Crippen LogP contribution in [0.2, 0.25) is 0 Å². The lowest BCUT2D eigenvalue weighted by Crippen LogP contribution is -2.63. The van der Waals surface area contributed by atoms with Gasteiger partial charge < -0.3 is 29.7 Å². The predicted octanol–water partition coefficient (Wildman–Crippen LogP) is 10.2. The van der Waals surface area contributed by atoms with Crippen molar-refractivity contribution in [1.82, 2.24) is 64.5 Å². The molecule has 16 heteroatoms. The van der Waals surface area contributed by atoms with Gasteiger partial charge >= 0.3 is 0 Å². The first-order valence-electron chi connectivity index (χ1n) is 27.2. The van der Waals surface area contributed by atoms with Crippen molar-refractivity contribution in [3.05, 3.63) is 49.8 Å². The van der Waals surface area contributed by atoms with Gasteiger partial charge in [-0.3, -0.25) is 14.7 Å². The van der Waals surface area contributed by atoms with Crippen LogP contribution in [0, 0.1) is 5.41 Å². The van der Waals surface area contributed by atoms with Crippen LogP contribution in [0.5, 0.6) is 0 Å². The quantitative estimate of drug-likeness (QED) is 0.154. The van der Waals surface area contributed by atoms with Crippen LogP contribution >= 0.6 is 0 Å². The summed E-state index contributed by atoms with van der Waals surface area (Å²) in [5.41, 5.74) is 4.91. The standard InChI is InChI=1S/C17H25N5.C15H21N5.C14H20N6.4C2H6/c1-16(2)7-10-22(11-17(16)6-4-9-21(17)3)15-13-5-8-18-14(13)19-12-20-15;1-19-8-2-5-15(19)6-3-9-20(10-15)14-12-4-7-16-13(12)17-11-18-14;1-19-6-2-4-14(19)5-3-7-20(8-14)13-11-12(16-9-15-11)17-10-18-13;4*1-2/h5,8,12H,4,6-7,9-11H2,1-3H3,(H,18,19,20);4,7,11H,2-3,5-6,8-10H2,1H3,(H,16,17,18);9-10H,2-8H2,1H3,(H,15,16,17,18);4*1-2H3. The maximum atomic E-state index is 4.61. The second-order valence-electron chi connectivity index (χ2n) is 19.8. The highest BCUT2D eigenvalue weighted by Gasteiger charge is 2.53. The minimum atomic E-state index is 0.263. The molecule has 12 rings (SSSR count). The zero-order chi connectivity index (χ0) is 50.5. The molecule has 0 bridgehead atoms. The van der Waals surface area contributed by atoms with E-state index in [9.17, 15) is 0 Å². The number of rotatable bonds is 3. The molecular weight excluding hydrogens is 873 g/mol. The fourth-order valence-electron chi connectivity index (χ4n) is 12.5. The summed E-state index contributed by atoms with van der Waals surface area (Å²) in [7, 11) is 6.84. The van der Waals surface area contributed by atoms with Crippen LogP contribution in [0.25, 0.3) is 33.2 Å². The summed E-state index contributed by atoms with van der Waals surface area (Å²) < 4.78 is 0. The summed E-state index contributed by atoms with van der Waals surface area (Å²) in [6.07, 6.45) is 24.7. The number of likely N-dealkylation sites (tertiary alicyclic amines) is 3. The summed E-state index contributed by atoms with van der Waals surface area (Å²) in [6, 6.07) is 4.18. The van der Waals surface area contributed by atoms with Crippen LogP contribution < -0.4 is 14.7 Å². The summed E-state index contributed by atoms with van der Waals surface area (Å²) in [6.45, 7) is 31.0. The van der Waals surface area contributed by atoms with E-state index < -0.39 is 0 Å². The number of nitrogens with zero attached hydrogens (tertiary/aromatic N) is 13. The normalized spacial score (nSPS) is 25.2. The second kappa shape index (κ2) is 24.5. The van der Waals surface area contributed by atoms with Gasteiger partial charge in [0.1, 0.15) is 47.4 Å². The lowest BCUT2D eigenvalue weighted by molar-refractivity contribution is 0.0165. The van der Waals surface area contributed by atoms with Gasteiger partial charge in [-0.15, -0.1) is 0 Å². The molecule has 386 valence electrons. The Morgan fingerprint density at radius 3 is 1.39 bits per heavy atom. The molecule has 3 atom stereocenters. The Morgan fingerprint density at radius 1 is 0.443 bits per heavy atom. The molecular formula is C54H90N16. The van der Waals surface area contributed by atoms with Crippen molar-refractivity contribution in [1.29, 1.82) is 0 Å². The van der Waals surface area contributed by atoms with E-state index in [4.69, 9.17) is 0 Å². The van der Waals surface area contributed by atoms with Crippen LogP contribution in [-0.4, -0.2) is 161 Å². The minimum Gasteiger partial charge on any atom is -0.354 e. The average molecular weight is 963 g/mol. The van der Waals surface area contributed by atoms with E-state index in [2.05, 4.69) is 126 Å². The van der Waals surface area contributed by atoms with E-state index in [-0.39, 0.29) is 5.54 Å². The summed E-state index contributed by atoms with van der Waals surface area (Å²) >= 11 is 0. The van der Waals surface area contributed by atoms with Crippen molar-refractivity contribution in [2.24, 2.45) is 5.41 Å². The number of nitrogens with one attached hydrogen (secondary N) is 3. The third-order valence-electron chi connectivity index (χ3n) is 16.3. The number of hydrogen-bond acceptors (Lipinski definition) is 13. The largest absolute Gasteiger partial charge is 0.354 e. The third kappa shape index (κ3) is 10.8. The maximum Gasteiger partial charge on any atom is 0.182 e. The number of H-pyrrole nitrogens is 3. The van der Waals surface area contributed by atoms with Crippen molar-refractivity contribution in [2.75, 3.05) is 94.7 Å². The van der Waals surface area contributed by atoms with E-state index in [1.807, 2.05) is 67.8 Å². The van der Waals surface area contributed by atoms with E-state index in [1.165, 1.54) is 90.3 Å². The Bertz CT molecular complexity index is 2370. The zero-order valence-electron chi connectivity index (χ0n) is 45.6.